The van der Waals surface area contributed by atoms with Crippen molar-refractivity contribution in [3.05, 3.63) is 24.3 Å². The molecule has 2 rings (SSSR count). The van der Waals surface area contributed by atoms with Gasteiger partial charge in [0.2, 0.25) is 11.8 Å². The lowest BCUT2D eigenvalue weighted by atomic mass is 9.78. The van der Waals surface area contributed by atoms with Gasteiger partial charge in [-0.05, 0) is 49.6 Å². The normalized spacial score (nSPS) is 22.2. The van der Waals surface area contributed by atoms with E-state index in [0.29, 0.717) is 17.5 Å². The maximum absolute atomic E-state index is 12.3. The summed E-state index contributed by atoms with van der Waals surface area (Å²) in [6.07, 6.45) is -1.52. The summed E-state index contributed by atoms with van der Waals surface area (Å²) in [5, 5.41) is 5.64. The molecule has 1 aliphatic carbocycles. The average molecular weight is 415 g/mol. The van der Waals surface area contributed by atoms with Gasteiger partial charge in [-0.15, -0.1) is 13.2 Å². The molecule has 1 aromatic carbocycles. The predicted octanol–water partition coefficient (Wildman–Crippen LogP) is 3.40. The van der Waals surface area contributed by atoms with E-state index in [2.05, 4.69) is 29.2 Å². The van der Waals surface area contributed by atoms with E-state index in [4.69, 9.17) is 0 Å². The van der Waals surface area contributed by atoms with E-state index in [-0.39, 0.29) is 36.7 Å². The summed E-state index contributed by atoms with van der Waals surface area (Å²) in [6, 6.07) is 5.03. The zero-order valence-electron chi connectivity index (χ0n) is 16.9. The Morgan fingerprint density at radius 1 is 1.10 bits per heavy atom. The van der Waals surface area contributed by atoms with Gasteiger partial charge >= 0.3 is 6.36 Å². The van der Waals surface area contributed by atoms with E-state index in [9.17, 15) is 22.8 Å². The first-order valence-corrected chi connectivity index (χ1v) is 9.67. The van der Waals surface area contributed by atoms with Crippen molar-refractivity contribution in [1.29, 1.82) is 0 Å². The fourth-order valence-corrected chi connectivity index (χ4v) is 3.52. The van der Waals surface area contributed by atoms with Crippen LogP contribution in [0.4, 0.5) is 18.9 Å². The maximum atomic E-state index is 12.3. The molecule has 9 heteroatoms. The van der Waals surface area contributed by atoms with Crippen LogP contribution in [0.1, 0.15) is 33.1 Å². The van der Waals surface area contributed by atoms with Crippen molar-refractivity contribution >= 4 is 17.5 Å². The summed E-state index contributed by atoms with van der Waals surface area (Å²) in [5.74, 6) is 0.135. The highest BCUT2D eigenvalue weighted by atomic mass is 19.4. The number of benzene rings is 1. The second-order valence-electron chi connectivity index (χ2n) is 7.73. The minimum atomic E-state index is -4.76. The van der Waals surface area contributed by atoms with Crippen LogP contribution in [-0.2, 0) is 9.59 Å². The van der Waals surface area contributed by atoms with Crippen molar-refractivity contribution in [2.75, 3.05) is 25.5 Å². The molecule has 0 radical (unpaired) electrons. The molecule has 0 heterocycles. The summed E-state index contributed by atoms with van der Waals surface area (Å²) < 4.78 is 40.3. The fraction of sp³-hybridized carbons (Fsp3) is 0.600. The van der Waals surface area contributed by atoms with Gasteiger partial charge in [0.1, 0.15) is 5.75 Å². The van der Waals surface area contributed by atoms with E-state index < -0.39 is 6.36 Å². The topological polar surface area (TPSA) is 70.7 Å². The monoisotopic (exact) mass is 415 g/mol. The Morgan fingerprint density at radius 3 is 2.34 bits per heavy atom. The number of amides is 2. The molecule has 6 nitrogen and oxygen atoms in total. The molecular weight excluding hydrogens is 387 g/mol. The highest BCUT2D eigenvalue weighted by Crippen LogP contribution is 2.29. The Bertz CT molecular complexity index is 694. The lowest BCUT2D eigenvalue weighted by Gasteiger charge is -2.34. The van der Waals surface area contributed by atoms with Crippen LogP contribution in [0.15, 0.2) is 24.3 Å². The van der Waals surface area contributed by atoms with Crippen LogP contribution in [-0.4, -0.2) is 49.3 Å². The predicted molar refractivity (Wildman–Crippen MR) is 103 cm³/mol. The number of carbonyl (C=O) groups is 2. The van der Waals surface area contributed by atoms with Crippen LogP contribution in [0, 0.1) is 11.8 Å². The summed E-state index contributed by atoms with van der Waals surface area (Å²) >= 11 is 0. The number of alkyl halides is 3. The van der Waals surface area contributed by atoms with E-state index >= 15 is 0 Å². The highest BCUT2D eigenvalue weighted by molar-refractivity contribution is 5.92. The Labute approximate surface area is 168 Å². The Balaban J connectivity index is 1.76. The lowest BCUT2D eigenvalue weighted by Crippen LogP contribution is -2.47. The lowest BCUT2D eigenvalue weighted by molar-refractivity contribution is -0.274. The number of likely N-dealkylation sites (N-methyl/N-ethyl adjacent to an activating group) is 1. The van der Waals surface area contributed by atoms with Crippen LogP contribution in [0.3, 0.4) is 0 Å². The van der Waals surface area contributed by atoms with E-state index in [1.165, 1.54) is 18.6 Å². The second kappa shape index (κ2) is 9.96. The minimum absolute atomic E-state index is 0.0230. The van der Waals surface area contributed by atoms with E-state index in [0.717, 1.165) is 25.0 Å². The molecule has 2 amide bonds. The Hall–Kier alpha value is -2.29. The van der Waals surface area contributed by atoms with Crippen molar-refractivity contribution in [1.82, 2.24) is 10.2 Å². The smallest absolute Gasteiger partial charge is 0.406 e. The summed E-state index contributed by atoms with van der Waals surface area (Å²) in [4.78, 5) is 26.0. The van der Waals surface area contributed by atoms with Crippen LogP contribution in [0.2, 0.25) is 0 Å². The van der Waals surface area contributed by atoms with Crippen LogP contribution in [0.25, 0.3) is 0 Å². The second-order valence-corrected chi connectivity index (χ2v) is 7.73. The number of nitrogens with zero attached hydrogens (tertiary/aromatic N) is 1. The standard InChI is InChI=1S/C20H28F3N3O3/c1-13-5-4-6-17(14(13)2)25-19(28)12-26(3)11-18(27)24-15-7-9-16(10-8-15)29-20(21,22)23/h7-10,13-14,17H,4-6,11-12H2,1-3H3,(H,24,27)(H,25,28)/t13-,14+,17+/m0/s1. The van der Waals surface area contributed by atoms with Crippen molar-refractivity contribution < 1.29 is 27.5 Å². The van der Waals surface area contributed by atoms with Gasteiger partial charge in [0.15, 0.2) is 0 Å². The first-order valence-electron chi connectivity index (χ1n) is 9.67. The molecule has 2 N–H and O–H groups in total. The van der Waals surface area contributed by atoms with Gasteiger partial charge in [0.05, 0.1) is 13.1 Å². The first kappa shape index (κ1) is 23.0. The molecule has 0 spiro atoms. The number of ether oxygens (including phenoxy) is 1. The largest absolute Gasteiger partial charge is 0.573 e. The van der Waals surface area contributed by atoms with Gasteiger partial charge in [0, 0.05) is 11.7 Å². The summed E-state index contributed by atoms with van der Waals surface area (Å²) in [5.41, 5.74) is 0.340. The number of hydrogen-bond acceptors (Lipinski definition) is 4. The zero-order valence-corrected chi connectivity index (χ0v) is 16.9. The van der Waals surface area contributed by atoms with Gasteiger partial charge in [0.25, 0.3) is 0 Å². The fourth-order valence-electron chi connectivity index (χ4n) is 3.52. The molecule has 0 bridgehead atoms. The van der Waals surface area contributed by atoms with Gasteiger partial charge < -0.3 is 15.4 Å². The van der Waals surface area contributed by atoms with Crippen LogP contribution >= 0.6 is 0 Å². The number of hydrogen-bond donors (Lipinski definition) is 2. The van der Waals surface area contributed by atoms with Gasteiger partial charge in [-0.25, -0.2) is 0 Å². The van der Waals surface area contributed by atoms with Gasteiger partial charge in [-0.1, -0.05) is 26.7 Å². The van der Waals surface area contributed by atoms with Crippen molar-refractivity contribution in [3.8, 4) is 5.75 Å². The third-order valence-electron chi connectivity index (χ3n) is 5.25. The van der Waals surface area contributed by atoms with Crippen LogP contribution < -0.4 is 15.4 Å². The van der Waals surface area contributed by atoms with E-state index in [1.807, 2.05) is 0 Å². The molecular formula is C20H28F3N3O3. The van der Waals surface area contributed by atoms with Crippen molar-refractivity contribution in [2.45, 2.75) is 45.5 Å². The summed E-state index contributed by atoms with van der Waals surface area (Å²) in [7, 11) is 1.66. The molecule has 162 valence electrons. The SMILES string of the molecule is C[C@@H]1[C@@H](C)CCC[C@H]1NC(=O)CN(C)CC(=O)Nc1ccc(OC(F)(F)F)cc1. The minimum Gasteiger partial charge on any atom is -0.406 e. The van der Waals surface area contributed by atoms with E-state index in [1.54, 1.807) is 11.9 Å². The molecule has 1 fully saturated rings. The molecule has 0 aromatic heterocycles. The van der Waals surface area contributed by atoms with Gasteiger partial charge in [-0.3, -0.25) is 14.5 Å². The number of carbonyl (C=O) groups excluding carboxylic acids is 2. The molecule has 1 saturated carbocycles. The average Bonchev–Trinajstić information content (AvgIpc) is 2.59. The zero-order chi connectivity index (χ0) is 21.6. The molecule has 29 heavy (non-hydrogen) atoms. The number of rotatable bonds is 7. The molecule has 0 unspecified atom stereocenters. The third kappa shape index (κ3) is 7.92. The van der Waals surface area contributed by atoms with Crippen molar-refractivity contribution in [3.63, 3.8) is 0 Å². The Morgan fingerprint density at radius 2 is 1.72 bits per heavy atom. The number of nitrogens with one attached hydrogen (secondary N) is 2. The third-order valence-corrected chi connectivity index (χ3v) is 5.25. The Kier molecular flexibility index (Phi) is 7.89. The molecule has 0 aliphatic heterocycles. The highest BCUT2D eigenvalue weighted by Gasteiger charge is 2.31. The molecule has 3 atom stereocenters. The molecule has 1 aromatic rings. The van der Waals surface area contributed by atoms with Crippen molar-refractivity contribution in [2.24, 2.45) is 11.8 Å². The molecule has 1 aliphatic rings. The van der Waals surface area contributed by atoms with Gasteiger partial charge in [-0.2, -0.15) is 0 Å². The van der Waals surface area contributed by atoms with Crippen LogP contribution in [0.5, 0.6) is 5.75 Å². The maximum Gasteiger partial charge on any atom is 0.573 e. The molecule has 0 saturated heterocycles. The number of halogens is 3. The first-order chi connectivity index (χ1) is 13.5. The quantitative estimate of drug-likeness (QED) is 0.716. The number of anilines is 1. The summed E-state index contributed by atoms with van der Waals surface area (Å²) in [6.45, 7) is 4.41.